The van der Waals surface area contributed by atoms with Crippen LogP contribution in [0.4, 0.5) is 0 Å². The lowest BCUT2D eigenvalue weighted by atomic mass is 9.85. The molecule has 1 spiro atoms. The van der Waals surface area contributed by atoms with Crippen molar-refractivity contribution in [1.29, 1.82) is 0 Å². The van der Waals surface area contributed by atoms with E-state index in [1.165, 1.54) is 0 Å². The van der Waals surface area contributed by atoms with Gasteiger partial charge in [-0.2, -0.15) is 11.8 Å². The van der Waals surface area contributed by atoms with Crippen molar-refractivity contribution in [3.8, 4) is 11.5 Å². The number of hydrogen-bond acceptors (Lipinski definition) is 4. The van der Waals surface area contributed by atoms with Gasteiger partial charge in [-0.25, -0.2) is 0 Å². The van der Waals surface area contributed by atoms with Crippen molar-refractivity contribution in [2.75, 3.05) is 12.9 Å². The lowest BCUT2D eigenvalue weighted by Crippen LogP contribution is -2.45. The standard InChI is InChI=1S/C14H18O3S/c1-9-14(5-6-18-9)8-12(15)11-4-3-10(16-2)7-13(11)17-14/h3-4,7,9,12,15H,5-6,8H2,1-2H3/t9?,12-,14?/m0/s1. The molecule has 3 nitrogen and oxygen atoms in total. The number of aliphatic hydroxyl groups is 1. The molecule has 3 atom stereocenters. The maximum atomic E-state index is 10.3. The van der Waals surface area contributed by atoms with Gasteiger partial charge in [0.1, 0.15) is 17.1 Å². The Hall–Kier alpha value is -0.870. The smallest absolute Gasteiger partial charge is 0.129 e. The van der Waals surface area contributed by atoms with E-state index in [9.17, 15) is 5.11 Å². The van der Waals surface area contributed by atoms with Crippen LogP contribution in [0, 0.1) is 0 Å². The Morgan fingerprint density at radius 1 is 1.50 bits per heavy atom. The van der Waals surface area contributed by atoms with Crippen LogP contribution in [0.3, 0.4) is 0 Å². The fourth-order valence-corrected chi connectivity index (χ4v) is 4.25. The Kier molecular flexibility index (Phi) is 2.94. The molecule has 98 valence electrons. The van der Waals surface area contributed by atoms with E-state index in [1.54, 1.807) is 7.11 Å². The van der Waals surface area contributed by atoms with E-state index in [-0.39, 0.29) is 5.60 Å². The van der Waals surface area contributed by atoms with Crippen molar-refractivity contribution in [3.63, 3.8) is 0 Å². The lowest BCUT2D eigenvalue weighted by Gasteiger charge is -2.40. The molecule has 1 fully saturated rings. The van der Waals surface area contributed by atoms with Crippen LogP contribution in [0.2, 0.25) is 0 Å². The van der Waals surface area contributed by atoms with Crippen molar-refractivity contribution in [2.45, 2.75) is 36.7 Å². The predicted molar refractivity (Wildman–Crippen MR) is 72.5 cm³/mol. The normalized spacial score (nSPS) is 34.2. The first-order valence-corrected chi connectivity index (χ1v) is 7.36. The molecule has 18 heavy (non-hydrogen) atoms. The molecule has 1 aromatic rings. The quantitative estimate of drug-likeness (QED) is 0.848. The highest BCUT2D eigenvalue weighted by Gasteiger charge is 2.48. The molecule has 0 bridgehead atoms. The minimum absolute atomic E-state index is 0.205. The van der Waals surface area contributed by atoms with Crippen LogP contribution in [0.15, 0.2) is 18.2 Å². The van der Waals surface area contributed by atoms with Crippen molar-refractivity contribution >= 4 is 11.8 Å². The molecule has 0 amide bonds. The van der Waals surface area contributed by atoms with Gasteiger partial charge in [-0.15, -0.1) is 0 Å². The van der Waals surface area contributed by atoms with Crippen molar-refractivity contribution < 1.29 is 14.6 Å². The van der Waals surface area contributed by atoms with Crippen LogP contribution < -0.4 is 9.47 Å². The molecule has 0 saturated carbocycles. The zero-order valence-corrected chi connectivity index (χ0v) is 11.5. The Morgan fingerprint density at radius 2 is 2.33 bits per heavy atom. The summed E-state index contributed by atoms with van der Waals surface area (Å²) in [6.45, 7) is 2.19. The van der Waals surface area contributed by atoms with E-state index >= 15 is 0 Å². The van der Waals surface area contributed by atoms with E-state index in [1.807, 2.05) is 30.0 Å². The van der Waals surface area contributed by atoms with Gasteiger partial charge < -0.3 is 14.6 Å². The van der Waals surface area contributed by atoms with Crippen LogP contribution in [0.5, 0.6) is 11.5 Å². The molecule has 1 aromatic carbocycles. The maximum Gasteiger partial charge on any atom is 0.129 e. The largest absolute Gasteiger partial charge is 0.497 e. The van der Waals surface area contributed by atoms with E-state index in [4.69, 9.17) is 9.47 Å². The minimum atomic E-state index is -0.430. The molecular weight excluding hydrogens is 248 g/mol. The first-order chi connectivity index (χ1) is 8.64. The molecular formula is C14H18O3S. The Labute approximate surface area is 111 Å². The van der Waals surface area contributed by atoms with Crippen LogP contribution in [0.25, 0.3) is 0 Å². The lowest BCUT2D eigenvalue weighted by molar-refractivity contribution is -0.0104. The first-order valence-electron chi connectivity index (χ1n) is 6.31. The molecule has 1 saturated heterocycles. The van der Waals surface area contributed by atoms with Gasteiger partial charge in [-0.3, -0.25) is 0 Å². The summed E-state index contributed by atoms with van der Waals surface area (Å²) in [6.07, 6.45) is 1.27. The number of methoxy groups -OCH3 is 1. The third-order valence-electron chi connectivity index (χ3n) is 4.07. The second-order valence-corrected chi connectivity index (χ2v) is 6.50. The fourth-order valence-electron chi connectivity index (χ4n) is 2.87. The third-order valence-corrected chi connectivity index (χ3v) is 5.44. The zero-order valence-electron chi connectivity index (χ0n) is 10.7. The Bertz CT molecular complexity index is 462. The molecule has 2 aliphatic heterocycles. The highest BCUT2D eigenvalue weighted by atomic mass is 32.2. The Morgan fingerprint density at radius 3 is 3.00 bits per heavy atom. The average Bonchev–Trinajstić information content (AvgIpc) is 2.69. The van der Waals surface area contributed by atoms with E-state index in [0.29, 0.717) is 11.7 Å². The van der Waals surface area contributed by atoms with Crippen LogP contribution in [-0.2, 0) is 0 Å². The number of rotatable bonds is 1. The number of hydrogen-bond donors (Lipinski definition) is 1. The summed E-state index contributed by atoms with van der Waals surface area (Å²) in [6, 6.07) is 5.66. The monoisotopic (exact) mass is 266 g/mol. The highest BCUT2D eigenvalue weighted by molar-refractivity contribution is 8.00. The van der Waals surface area contributed by atoms with Crippen molar-refractivity contribution in [3.05, 3.63) is 23.8 Å². The summed E-state index contributed by atoms with van der Waals surface area (Å²) < 4.78 is 11.5. The SMILES string of the molecule is COc1ccc2c(c1)OC1(CCSC1C)C[C@@H]2O. The van der Waals surface area contributed by atoms with Crippen molar-refractivity contribution in [2.24, 2.45) is 0 Å². The molecule has 2 aliphatic rings. The fraction of sp³-hybridized carbons (Fsp3) is 0.571. The second-order valence-electron chi connectivity index (χ2n) is 5.05. The molecule has 2 heterocycles. The highest BCUT2D eigenvalue weighted by Crippen LogP contribution is 2.49. The number of fused-ring (bicyclic) bond motifs is 1. The van der Waals surface area contributed by atoms with E-state index in [2.05, 4.69) is 6.92 Å². The zero-order chi connectivity index (χ0) is 12.8. The third kappa shape index (κ3) is 1.79. The molecule has 3 rings (SSSR count). The molecule has 0 radical (unpaired) electrons. The number of benzene rings is 1. The summed E-state index contributed by atoms with van der Waals surface area (Å²) in [7, 11) is 1.64. The molecule has 0 aliphatic carbocycles. The van der Waals surface area contributed by atoms with Gasteiger partial charge in [0.2, 0.25) is 0 Å². The van der Waals surface area contributed by atoms with Gasteiger partial charge in [-0.05, 0) is 31.2 Å². The van der Waals surface area contributed by atoms with Gasteiger partial charge in [0.05, 0.1) is 13.2 Å². The van der Waals surface area contributed by atoms with Gasteiger partial charge in [0.15, 0.2) is 0 Å². The first kappa shape index (κ1) is 12.2. The summed E-state index contributed by atoms with van der Waals surface area (Å²) in [5.41, 5.74) is 0.675. The van der Waals surface area contributed by atoms with Gasteiger partial charge in [0, 0.05) is 23.3 Å². The van der Waals surface area contributed by atoms with Crippen molar-refractivity contribution in [1.82, 2.24) is 0 Å². The van der Waals surface area contributed by atoms with E-state index in [0.717, 1.165) is 29.2 Å². The summed E-state index contributed by atoms with van der Waals surface area (Å²) >= 11 is 1.92. The van der Waals surface area contributed by atoms with Gasteiger partial charge >= 0.3 is 0 Å². The number of aliphatic hydroxyl groups excluding tert-OH is 1. The van der Waals surface area contributed by atoms with Gasteiger partial charge in [0.25, 0.3) is 0 Å². The summed E-state index contributed by atoms with van der Waals surface area (Å²) in [5.74, 6) is 2.66. The summed E-state index contributed by atoms with van der Waals surface area (Å²) in [4.78, 5) is 0. The average molecular weight is 266 g/mol. The predicted octanol–water partition coefficient (Wildman–Crippen LogP) is 2.78. The van der Waals surface area contributed by atoms with Crippen LogP contribution in [-0.4, -0.2) is 28.8 Å². The molecule has 0 aromatic heterocycles. The Balaban J connectivity index is 1.99. The molecule has 4 heteroatoms. The molecule has 2 unspecified atom stereocenters. The second kappa shape index (κ2) is 4.35. The van der Waals surface area contributed by atoms with Crippen LogP contribution in [0.1, 0.15) is 31.4 Å². The topological polar surface area (TPSA) is 38.7 Å². The van der Waals surface area contributed by atoms with Gasteiger partial charge in [-0.1, -0.05) is 0 Å². The summed E-state index contributed by atoms with van der Waals surface area (Å²) in [5, 5.41) is 10.8. The number of thioether (sulfide) groups is 1. The van der Waals surface area contributed by atoms with E-state index < -0.39 is 6.10 Å². The van der Waals surface area contributed by atoms with Crippen LogP contribution >= 0.6 is 11.8 Å². The minimum Gasteiger partial charge on any atom is -0.497 e. The maximum absolute atomic E-state index is 10.3. The molecule has 1 N–H and O–H groups in total. The number of ether oxygens (including phenoxy) is 2.